The standard InChI is InChI=1S/C16H12BrFN2O/c17-12-7-20-15(6-13(12)18)19-14-9-21-8-11(16(14)20)10-4-2-1-3-5-10/h1-7,11H,8-9H2. The van der Waals surface area contributed by atoms with Gasteiger partial charge in [0.2, 0.25) is 0 Å². The number of hydrogen-bond donors (Lipinski definition) is 0. The van der Waals surface area contributed by atoms with Gasteiger partial charge in [-0.3, -0.25) is 0 Å². The van der Waals surface area contributed by atoms with Gasteiger partial charge in [0.05, 0.1) is 35.0 Å². The number of halogens is 2. The Morgan fingerprint density at radius 1 is 1.29 bits per heavy atom. The quantitative estimate of drug-likeness (QED) is 0.668. The van der Waals surface area contributed by atoms with Crippen LogP contribution in [0.3, 0.4) is 0 Å². The highest BCUT2D eigenvalue weighted by molar-refractivity contribution is 9.10. The van der Waals surface area contributed by atoms with E-state index in [1.807, 2.05) is 22.6 Å². The maximum atomic E-state index is 13.7. The maximum absolute atomic E-state index is 13.7. The molecule has 1 aliphatic rings. The Hall–Kier alpha value is -1.72. The number of benzene rings is 1. The Morgan fingerprint density at radius 2 is 2.10 bits per heavy atom. The average molecular weight is 347 g/mol. The van der Waals surface area contributed by atoms with Crippen molar-refractivity contribution in [1.82, 2.24) is 9.38 Å². The molecule has 1 aliphatic heterocycles. The molecular formula is C16H12BrFN2O. The molecule has 3 nitrogen and oxygen atoms in total. The van der Waals surface area contributed by atoms with Crippen LogP contribution in [-0.2, 0) is 11.3 Å². The van der Waals surface area contributed by atoms with Crippen molar-refractivity contribution in [3.8, 4) is 0 Å². The van der Waals surface area contributed by atoms with Gasteiger partial charge in [-0.15, -0.1) is 0 Å². The third kappa shape index (κ3) is 2.08. The van der Waals surface area contributed by atoms with E-state index in [-0.39, 0.29) is 11.7 Å². The number of imidazole rings is 1. The molecule has 21 heavy (non-hydrogen) atoms. The van der Waals surface area contributed by atoms with Gasteiger partial charge in [0.25, 0.3) is 0 Å². The summed E-state index contributed by atoms with van der Waals surface area (Å²) < 4.78 is 21.8. The van der Waals surface area contributed by atoms with Crippen LogP contribution in [0.4, 0.5) is 4.39 Å². The highest BCUT2D eigenvalue weighted by Gasteiger charge is 2.27. The predicted molar refractivity (Wildman–Crippen MR) is 80.8 cm³/mol. The summed E-state index contributed by atoms with van der Waals surface area (Å²) in [7, 11) is 0. The molecule has 4 rings (SSSR count). The van der Waals surface area contributed by atoms with E-state index in [0.717, 1.165) is 11.4 Å². The zero-order valence-electron chi connectivity index (χ0n) is 11.1. The number of nitrogens with zero attached hydrogens (tertiary/aromatic N) is 2. The molecule has 1 atom stereocenters. The summed E-state index contributed by atoms with van der Waals surface area (Å²) in [5.41, 5.74) is 3.77. The third-order valence-corrected chi connectivity index (χ3v) is 4.42. The van der Waals surface area contributed by atoms with Crippen LogP contribution in [0.25, 0.3) is 5.65 Å². The van der Waals surface area contributed by atoms with Crippen molar-refractivity contribution >= 4 is 21.6 Å². The van der Waals surface area contributed by atoms with Gasteiger partial charge in [-0.25, -0.2) is 9.37 Å². The number of hydrogen-bond acceptors (Lipinski definition) is 2. The fraction of sp³-hybridized carbons (Fsp3) is 0.188. The zero-order valence-corrected chi connectivity index (χ0v) is 12.7. The Balaban J connectivity index is 1.96. The molecule has 0 saturated heterocycles. The van der Waals surface area contributed by atoms with Gasteiger partial charge in [-0.1, -0.05) is 30.3 Å². The van der Waals surface area contributed by atoms with Crippen LogP contribution in [0.1, 0.15) is 22.9 Å². The Labute approximate surface area is 129 Å². The fourth-order valence-corrected chi connectivity index (χ4v) is 3.19. The van der Waals surface area contributed by atoms with Crippen LogP contribution in [0.2, 0.25) is 0 Å². The van der Waals surface area contributed by atoms with Crippen molar-refractivity contribution in [1.29, 1.82) is 0 Å². The van der Waals surface area contributed by atoms with Crippen LogP contribution in [0.15, 0.2) is 47.1 Å². The van der Waals surface area contributed by atoms with Crippen molar-refractivity contribution in [2.75, 3.05) is 6.61 Å². The highest BCUT2D eigenvalue weighted by Crippen LogP contribution is 2.33. The topological polar surface area (TPSA) is 26.5 Å². The molecule has 0 fully saturated rings. The summed E-state index contributed by atoms with van der Waals surface area (Å²) in [4.78, 5) is 4.51. The zero-order chi connectivity index (χ0) is 14.4. The lowest BCUT2D eigenvalue weighted by Gasteiger charge is -2.23. The third-order valence-electron chi connectivity index (χ3n) is 3.83. The lowest BCUT2D eigenvalue weighted by molar-refractivity contribution is 0.0955. The summed E-state index contributed by atoms with van der Waals surface area (Å²) in [6.07, 6.45) is 1.75. The van der Waals surface area contributed by atoms with Gasteiger partial charge >= 0.3 is 0 Å². The second-order valence-electron chi connectivity index (χ2n) is 5.12. The van der Waals surface area contributed by atoms with Crippen molar-refractivity contribution in [2.45, 2.75) is 12.5 Å². The van der Waals surface area contributed by atoms with E-state index in [1.165, 1.54) is 11.6 Å². The molecular weight excluding hydrogens is 335 g/mol. The van der Waals surface area contributed by atoms with Crippen molar-refractivity contribution in [3.05, 3.63) is 69.8 Å². The molecule has 5 heteroatoms. The number of fused-ring (bicyclic) bond motifs is 3. The maximum Gasteiger partial charge on any atom is 0.142 e. The minimum atomic E-state index is -0.304. The molecule has 0 bridgehead atoms. The van der Waals surface area contributed by atoms with E-state index in [4.69, 9.17) is 4.74 Å². The van der Waals surface area contributed by atoms with Crippen LogP contribution in [0.5, 0.6) is 0 Å². The second-order valence-corrected chi connectivity index (χ2v) is 5.97. The Bertz CT molecular complexity index is 816. The van der Waals surface area contributed by atoms with Crippen molar-refractivity contribution in [3.63, 3.8) is 0 Å². The minimum absolute atomic E-state index is 0.113. The Morgan fingerprint density at radius 3 is 2.90 bits per heavy atom. The molecule has 0 N–H and O–H groups in total. The molecule has 1 aromatic carbocycles. The SMILES string of the molecule is Fc1cc2nc3c(n2cc1Br)C(c1ccccc1)COC3. The van der Waals surface area contributed by atoms with E-state index in [2.05, 4.69) is 33.0 Å². The molecule has 2 aromatic heterocycles. The molecule has 0 spiro atoms. The molecule has 0 saturated carbocycles. The number of pyridine rings is 1. The first-order valence-electron chi connectivity index (χ1n) is 6.72. The first kappa shape index (κ1) is 13.0. The predicted octanol–water partition coefficient (Wildman–Crippen LogP) is 3.90. The lowest BCUT2D eigenvalue weighted by Crippen LogP contribution is -2.19. The largest absolute Gasteiger partial charge is 0.374 e. The minimum Gasteiger partial charge on any atom is -0.374 e. The van der Waals surface area contributed by atoms with Crippen LogP contribution >= 0.6 is 15.9 Å². The van der Waals surface area contributed by atoms with E-state index in [0.29, 0.717) is 23.3 Å². The van der Waals surface area contributed by atoms with E-state index in [9.17, 15) is 4.39 Å². The monoisotopic (exact) mass is 346 g/mol. The Kier molecular flexibility index (Phi) is 3.05. The molecule has 106 valence electrons. The van der Waals surface area contributed by atoms with E-state index < -0.39 is 0 Å². The smallest absolute Gasteiger partial charge is 0.142 e. The van der Waals surface area contributed by atoms with E-state index >= 15 is 0 Å². The van der Waals surface area contributed by atoms with Crippen LogP contribution < -0.4 is 0 Å². The lowest BCUT2D eigenvalue weighted by atomic mass is 9.94. The molecule has 0 radical (unpaired) electrons. The number of aromatic nitrogens is 2. The summed E-state index contributed by atoms with van der Waals surface area (Å²) in [6.45, 7) is 1.08. The normalized spacial score (nSPS) is 17.9. The number of ether oxygens (including phenoxy) is 1. The first-order valence-corrected chi connectivity index (χ1v) is 7.52. The van der Waals surface area contributed by atoms with Gasteiger partial charge in [-0.2, -0.15) is 0 Å². The molecule has 3 aromatic rings. The second kappa shape index (κ2) is 4.93. The molecule has 1 unspecified atom stereocenters. The van der Waals surface area contributed by atoms with Gasteiger partial charge in [0.15, 0.2) is 0 Å². The first-order chi connectivity index (χ1) is 10.2. The summed E-state index contributed by atoms with van der Waals surface area (Å²) in [6, 6.07) is 11.6. The van der Waals surface area contributed by atoms with Gasteiger partial charge in [0, 0.05) is 12.3 Å². The summed E-state index contributed by atoms with van der Waals surface area (Å²) >= 11 is 3.25. The highest BCUT2D eigenvalue weighted by atomic mass is 79.9. The van der Waals surface area contributed by atoms with Gasteiger partial charge < -0.3 is 9.14 Å². The summed E-state index contributed by atoms with van der Waals surface area (Å²) in [5, 5.41) is 0. The van der Waals surface area contributed by atoms with Crippen LogP contribution in [-0.4, -0.2) is 16.0 Å². The average Bonchev–Trinajstić information content (AvgIpc) is 2.86. The van der Waals surface area contributed by atoms with Crippen LogP contribution in [0, 0.1) is 5.82 Å². The molecule has 3 heterocycles. The van der Waals surface area contributed by atoms with Gasteiger partial charge in [0.1, 0.15) is 11.5 Å². The van der Waals surface area contributed by atoms with Crippen molar-refractivity contribution in [2.24, 2.45) is 0 Å². The molecule has 0 amide bonds. The van der Waals surface area contributed by atoms with E-state index in [1.54, 1.807) is 6.20 Å². The van der Waals surface area contributed by atoms with Gasteiger partial charge in [-0.05, 0) is 21.5 Å². The fourth-order valence-electron chi connectivity index (χ4n) is 2.87. The summed E-state index contributed by atoms with van der Waals surface area (Å²) in [5.74, 6) is -0.190. The van der Waals surface area contributed by atoms with Crippen molar-refractivity contribution < 1.29 is 9.13 Å². The molecule has 0 aliphatic carbocycles. The number of rotatable bonds is 1.